The molecule has 0 fully saturated rings. The number of methoxy groups -OCH3 is 1. The Morgan fingerprint density at radius 1 is 1.07 bits per heavy atom. The van der Waals surface area contributed by atoms with Crippen LogP contribution in [0.2, 0.25) is 0 Å². The van der Waals surface area contributed by atoms with Crippen molar-refractivity contribution in [2.45, 2.75) is 20.8 Å². The van der Waals surface area contributed by atoms with E-state index >= 15 is 0 Å². The first-order valence-electron chi connectivity index (χ1n) is 9.29. The third-order valence-corrected chi connectivity index (χ3v) is 4.65. The number of aryl methyl sites for hydroxylation is 1. The normalized spacial score (nSPS) is 10.6. The van der Waals surface area contributed by atoms with Crippen molar-refractivity contribution in [3.8, 4) is 17.0 Å². The average molecular weight is 379 g/mol. The van der Waals surface area contributed by atoms with Gasteiger partial charge in [-0.05, 0) is 68.8 Å². The predicted molar refractivity (Wildman–Crippen MR) is 113 cm³/mol. The molecule has 2 N–H and O–H groups in total. The maximum absolute atomic E-state index is 12.5. The summed E-state index contributed by atoms with van der Waals surface area (Å²) in [5, 5.41) is 11.4. The largest absolute Gasteiger partial charge is 0.497 e. The summed E-state index contributed by atoms with van der Waals surface area (Å²) in [5.74, 6) is 1.02. The number of benzene rings is 2. The Labute approximate surface area is 164 Å². The van der Waals surface area contributed by atoms with Crippen molar-refractivity contribution in [1.29, 1.82) is 0 Å². The van der Waals surface area contributed by atoms with Gasteiger partial charge in [-0.2, -0.15) is 0 Å². The molecule has 0 radical (unpaired) electrons. The van der Waals surface area contributed by atoms with Crippen LogP contribution in [0.4, 0.5) is 17.3 Å². The second-order valence-corrected chi connectivity index (χ2v) is 6.38. The molecule has 3 rings (SSSR count). The van der Waals surface area contributed by atoms with Crippen LogP contribution < -0.4 is 20.5 Å². The number of H-pyrrole nitrogens is 1. The van der Waals surface area contributed by atoms with Crippen LogP contribution in [0.5, 0.6) is 5.75 Å². The van der Waals surface area contributed by atoms with Crippen molar-refractivity contribution in [3.63, 3.8) is 0 Å². The van der Waals surface area contributed by atoms with Gasteiger partial charge in [0.2, 0.25) is 5.95 Å². The van der Waals surface area contributed by atoms with Gasteiger partial charge in [-0.25, -0.2) is 0 Å². The highest BCUT2D eigenvalue weighted by Crippen LogP contribution is 2.24. The molecule has 0 unspecified atom stereocenters. The number of nitrogens with zero attached hydrogens (tertiary/aromatic N) is 3. The van der Waals surface area contributed by atoms with Crippen LogP contribution in [-0.2, 0) is 0 Å². The van der Waals surface area contributed by atoms with Crippen LogP contribution in [0, 0.1) is 6.92 Å². The molecule has 0 amide bonds. The smallest absolute Gasteiger partial charge is 0.279 e. The lowest BCUT2D eigenvalue weighted by molar-refractivity contribution is 0.415. The summed E-state index contributed by atoms with van der Waals surface area (Å²) in [6.45, 7) is 8.20. The molecule has 146 valence electrons. The quantitative estimate of drug-likeness (QED) is 0.651. The number of ether oxygens (including phenoxy) is 1. The van der Waals surface area contributed by atoms with Gasteiger partial charge >= 0.3 is 0 Å². The van der Waals surface area contributed by atoms with Gasteiger partial charge in [0.15, 0.2) is 5.69 Å². The summed E-state index contributed by atoms with van der Waals surface area (Å²) in [4.78, 5) is 17.5. The fourth-order valence-corrected chi connectivity index (χ4v) is 3.03. The summed E-state index contributed by atoms with van der Waals surface area (Å²) >= 11 is 0. The molecule has 0 aliphatic carbocycles. The van der Waals surface area contributed by atoms with E-state index in [1.54, 1.807) is 31.4 Å². The molecule has 1 aromatic heterocycles. The Bertz CT molecular complexity index is 994. The van der Waals surface area contributed by atoms with Gasteiger partial charge in [-0.15, -0.1) is 10.2 Å². The van der Waals surface area contributed by atoms with Gasteiger partial charge in [0.05, 0.1) is 7.11 Å². The topological polar surface area (TPSA) is 83.1 Å². The minimum Gasteiger partial charge on any atom is -0.497 e. The van der Waals surface area contributed by atoms with Crippen LogP contribution in [-0.4, -0.2) is 35.4 Å². The molecule has 3 aromatic rings. The number of aromatic amines is 1. The SMILES string of the molecule is CCN(CC)c1ccc(Nc2nnc(-c3ccc(OC)cc3)c(=O)[nH]2)c(C)c1. The first-order valence-corrected chi connectivity index (χ1v) is 9.29. The zero-order chi connectivity index (χ0) is 20.1. The molecule has 0 aliphatic heterocycles. The Hall–Kier alpha value is -3.35. The number of nitrogens with one attached hydrogen (secondary N) is 2. The van der Waals surface area contributed by atoms with E-state index in [4.69, 9.17) is 4.74 Å². The van der Waals surface area contributed by atoms with E-state index in [2.05, 4.69) is 51.4 Å². The van der Waals surface area contributed by atoms with Gasteiger partial charge in [0.25, 0.3) is 5.56 Å². The van der Waals surface area contributed by atoms with Gasteiger partial charge in [0, 0.05) is 30.0 Å². The second kappa shape index (κ2) is 8.56. The number of hydrogen-bond donors (Lipinski definition) is 2. The molecule has 0 saturated heterocycles. The molecule has 0 spiro atoms. The number of aromatic nitrogens is 3. The highest BCUT2D eigenvalue weighted by atomic mass is 16.5. The molecule has 0 saturated carbocycles. The highest BCUT2D eigenvalue weighted by Gasteiger charge is 2.10. The minimum absolute atomic E-state index is 0.266. The van der Waals surface area contributed by atoms with E-state index in [-0.39, 0.29) is 11.3 Å². The summed E-state index contributed by atoms with van der Waals surface area (Å²) in [6, 6.07) is 13.3. The number of hydrogen-bond acceptors (Lipinski definition) is 6. The van der Waals surface area contributed by atoms with Crippen molar-refractivity contribution < 1.29 is 4.74 Å². The summed E-state index contributed by atoms with van der Waals surface area (Å²) < 4.78 is 5.13. The standard InChI is InChI=1S/C21H25N5O2/c1-5-26(6-2)16-9-12-18(14(3)13-16)22-21-23-20(27)19(24-25-21)15-7-10-17(28-4)11-8-15/h7-13H,5-6H2,1-4H3,(H2,22,23,25,27). The monoisotopic (exact) mass is 379 g/mol. The van der Waals surface area contributed by atoms with Crippen molar-refractivity contribution in [3.05, 3.63) is 58.4 Å². The molecule has 0 atom stereocenters. The first kappa shape index (κ1) is 19.4. The van der Waals surface area contributed by atoms with Crippen LogP contribution in [0.15, 0.2) is 47.3 Å². The lowest BCUT2D eigenvalue weighted by Gasteiger charge is -2.22. The minimum atomic E-state index is -0.305. The molecule has 28 heavy (non-hydrogen) atoms. The molecule has 1 heterocycles. The number of anilines is 3. The number of rotatable bonds is 7. The maximum Gasteiger partial charge on any atom is 0.279 e. The zero-order valence-electron chi connectivity index (χ0n) is 16.6. The van der Waals surface area contributed by atoms with E-state index in [1.807, 2.05) is 13.0 Å². The van der Waals surface area contributed by atoms with Crippen molar-refractivity contribution in [2.24, 2.45) is 0 Å². The molecule has 0 bridgehead atoms. The molecule has 7 nitrogen and oxygen atoms in total. The van der Waals surface area contributed by atoms with Gasteiger partial charge in [-0.1, -0.05) is 0 Å². The molecule has 2 aromatic carbocycles. The lowest BCUT2D eigenvalue weighted by Crippen LogP contribution is -2.21. The van der Waals surface area contributed by atoms with Gasteiger partial charge < -0.3 is 15.0 Å². The third-order valence-electron chi connectivity index (χ3n) is 4.65. The van der Waals surface area contributed by atoms with Crippen molar-refractivity contribution >= 4 is 17.3 Å². The van der Waals surface area contributed by atoms with Gasteiger partial charge in [0.1, 0.15) is 5.75 Å². The maximum atomic E-state index is 12.5. The third kappa shape index (κ3) is 4.14. The van der Waals surface area contributed by atoms with E-state index in [0.717, 1.165) is 30.1 Å². The van der Waals surface area contributed by atoms with Gasteiger partial charge in [-0.3, -0.25) is 9.78 Å². The molecular weight excluding hydrogens is 354 g/mol. The van der Waals surface area contributed by atoms with Crippen molar-refractivity contribution in [1.82, 2.24) is 15.2 Å². The van der Waals surface area contributed by atoms with Crippen LogP contribution >= 0.6 is 0 Å². The predicted octanol–water partition coefficient (Wildman–Crippen LogP) is 3.74. The summed E-state index contributed by atoms with van der Waals surface area (Å²) in [6.07, 6.45) is 0. The van der Waals surface area contributed by atoms with E-state index in [1.165, 1.54) is 5.69 Å². The van der Waals surface area contributed by atoms with Crippen molar-refractivity contribution in [2.75, 3.05) is 30.4 Å². The zero-order valence-corrected chi connectivity index (χ0v) is 16.6. The fraction of sp³-hybridized carbons (Fsp3) is 0.286. The second-order valence-electron chi connectivity index (χ2n) is 6.38. The van der Waals surface area contributed by atoms with E-state index in [9.17, 15) is 4.79 Å². The van der Waals surface area contributed by atoms with Crippen LogP contribution in [0.3, 0.4) is 0 Å². The first-order chi connectivity index (χ1) is 13.5. The Morgan fingerprint density at radius 3 is 2.36 bits per heavy atom. The Kier molecular flexibility index (Phi) is 5.93. The molecule has 0 aliphatic rings. The lowest BCUT2D eigenvalue weighted by atomic mass is 10.1. The average Bonchev–Trinajstić information content (AvgIpc) is 2.71. The van der Waals surface area contributed by atoms with E-state index < -0.39 is 0 Å². The molecule has 7 heteroatoms. The Morgan fingerprint density at radius 2 is 1.79 bits per heavy atom. The summed E-state index contributed by atoms with van der Waals surface area (Å²) in [5.41, 5.74) is 3.74. The summed E-state index contributed by atoms with van der Waals surface area (Å²) in [7, 11) is 1.60. The fourth-order valence-electron chi connectivity index (χ4n) is 3.03. The Balaban J connectivity index is 1.82. The van der Waals surface area contributed by atoms with Crippen LogP contribution in [0.1, 0.15) is 19.4 Å². The molecular formula is C21H25N5O2. The van der Waals surface area contributed by atoms with Crippen LogP contribution in [0.25, 0.3) is 11.3 Å². The van der Waals surface area contributed by atoms with E-state index in [0.29, 0.717) is 11.5 Å². The highest BCUT2D eigenvalue weighted by molar-refractivity contribution is 5.64.